The summed E-state index contributed by atoms with van der Waals surface area (Å²) in [6, 6.07) is 0. The van der Waals surface area contributed by atoms with E-state index in [1.165, 1.54) is 6.08 Å². The van der Waals surface area contributed by atoms with E-state index in [9.17, 15) is 5.11 Å². The third-order valence-electron chi connectivity index (χ3n) is 3.06. The van der Waals surface area contributed by atoms with Gasteiger partial charge < -0.3 is 14.9 Å². The van der Waals surface area contributed by atoms with Gasteiger partial charge in [0.05, 0.1) is 6.10 Å². The van der Waals surface area contributed by atoms with Crippen molar-refractivity contribution in [1.29, 1.82) is 0 Å². The first-order valence-corrected chi connectivity index (χ1v) is 6.95. The van der Waals surface area contributed by atoms with Crippen molar-refractivity contribution in [2.24, 2.45) is 0 Å². The molecule has 0 aromatic carbocycles. The fraction of sp³-hybridized carbons (Fsp3) is 0.529. The van der Waals surface area contributed by atoms with Crippen LogP contribution in [0.3, 0.4) is 0 Å². The highest BCUT2D eigenvalue weighted by molar-refractivity contribution is 5.30. The largest absolute Gasteiger partial charge is 0.377 e. The van der Waals surface area contributed by atoms with Crippen LogP contribution < -0.4 is 0 Å². The number of ether oxygens (including phenoxy) is 1. The second-order valence-electron chi connectivity index (χ2n) is 4.73. The minimum atomic E-state index is -0.873. The van der Waals surface area contributed by atoms with Gasteiger partial charge >= 0.3 is 0 Å². The monoisotopic (exact) mass is 274 g/mol. The molecule has 0 radical (unpaired) electrons. The number of hydrogen-bond donors (Lipinski definition) is 2. The molecule has 108 valence electrons. The summed E-state index contributed by atoms with van der Waals surface area (Å²) >= 11 is 0. The SMILES string of the molecule is C=CCCCCCC1OC1C(O)C#CC#CC(O)C=C. The molecule has 0 amide bonds. The quantitative estimate of drug-likeness (QED) is 0.307. The van der Waals surface area contributed by atoms with E-state index in [1.807, 2.05) is 6.08 Å². The fourth-order valence-electron chi connectivity index (χ4n) is 1.84. The van der Waals surface area contributed by atoms with Crippen LogP contribution in [0.1, 0.15) is 32.1 Å². The Morgan fingerprint density at radius 2 is 1.85 bits per heavy atom. The predicted molar refractivity (Wildman–Crippen MR) is 79.7 cm³/mol. The van der Waals surface area contributed by atoms with Crippen molar-refractivity contribution in [3.05, 3.63) is 25.3 Å². The van der Waals surface area contributed by atoms with Crippen molar-refractivity contribution in [3.8, 4) is 23.7 Å². The van der Waals surface area contributed by atoms with E-state index in [0.717, 1.165) is 32.1 Å². The van der Waals surface area contributed by atoms with E-state index in [4.69, 9.17) is 9.84 Å². The number of hydrogen-bond acceptors (Lipinski definition) is 3. The predicted octanol–water partition coefficient (Wildman–Crippen LogP) is 1.80. The maximum Gasteiger partial charge on any atom is 0.144 e. The van der Waals surface area contributed by atoms with E-state index in [-0.39, 0.29) is 12.2 Å². The highest BCUT2D eigenvalue weighted by Gasteiger charge is 2.42. The number of aliphatic hydroxyl groups excluding tert-OH is 2. The molecule has 0 saturated carbocycles. The summed E-state index contributed by atoms with van der Waals surface area (Å²) in [7, 11) is 0. The van der Waals surface area contributed by atoms with Crippen molar-refractivity contribution in [1.82, 2.24) is 0 Å². The lowest BCUT2D eigenvalue weighted by atomic mass is 10.1. The zero-order chi connectivity index (χ0) is 14.8. The Labute approximate surface area is 121 Å². The van der Waals surface area contributed by atoms with Gasteiger partial charge in [-0.05, 0) is 31.1 Å². The number of rotatable bonds is 8. The molecule has 3 nitrogen and oxygen atoms in total. The number of epoxide rings is 1. The normalized spacial score (nSPS) is 22.5. The van der Waals surface area contributed by atoms with Gasteiger partial charge in [0.25, 0.3) is 0 Å². The molecule has 0 bridgehead atoms. The molecule has 1 rings (SSSR count). The van der Waals surface area contributed by atoms with Crippen molar-refractivity contribution >= 4 is 0 Å². The minimum Gasteiger partial charge on any atom is -0.377 e. The van der Waals surface area contributed by atoms with Crippen LogP contribution in [0.5, 0.6) is 0 Å². The maximum absolute atomic E-state index is 9.76. The highest BCUT2D eigenvalue weighted by atomic mass is 16.6. The average Bonchev–Trinajstić information content (AvgIpc) is 3.22. The highest BCUT2D eigenvalue weighted by Crippen LogP contribution is 2.30. The molecule has 1 aliphatic heterocycles. The molecule has 1 aliphatic rings. The second kappa shape index (κ2) is 9.39. The summed E-state index contributed by atoms with van der Waals surface area (Å²) in [6.07, 6.45) is 6.93. The van der Waals surface area contributed by atoms with E-state index in [2.05, 4.69) is 36.8 Å². The molecular formula is C17H22O3. The van der Waals surface area contributed by atoms with E-state index in [0.29, 0.717) is 0 Å². The number of unbranched alkanes of at least 4 members (excludes halogenated alkanes) is 3. The molecule has 1 saturated heterocycles. The Bertz CT molecular complexity index is 433. The lowest BCUT2D eigenvalue weighted by Crippen LogP contribution is -2.14. The molecule has 0 aliphatic carbocycles. The maximum atomic E-state index is 9.76. The minimum absolute atomic E-state index is 0.120. The first kappa shape index (κ1) is 16.5. The van der Waals surface area contributed by atoms with Gasteiger partial charge in [-0.15, -0.1) is 6.58 Å². The first-order chi connectivity index (χ1) is 9.69. The molecule has 1 heterocycles. The van der Waals surface area contributed by atoms with Crippen molar-refractivity contribution in [3.63, 3.8) is 0 Å². The van der Waals surface area contributed by atoms with Gasteiger partial charge in [-0.2, -0.15) is 0 Å². The molecule has 1 fully saturated rings. The van der Waals surface area contributed by atoms with Gasteiger partial charge in [-0.3, -0.25) is 0 Å². The third kappa shape index (κ3) is 6.59. The lowest BCUT2D eigenvalue weighted by molar-refractivity contribution is 0.185. The zero-order valence-electron chi connectivity index (χ0n) is 11.7. The van der Waals surface area contributed by atoms with Crippen LogP contribution in [0.4, 0.5) is 0 Å². The van der Waals surface area contributed by atoms with E-state index >= 15 is 0 Å². The summed E-state index contributed by atoms with van der Waals surface area (Å²) in [6.45, 7) is 7.08. The van der Waals surface area contributed by atoms with Crippen LogP contribution in [-0.4, -0.2) is 34.6 Å². The lowest BCUT2D eigenvalue weighted by Gasteiger charge is -1.98. The third-order valence-corrected chi connectivity index (χ3v) is 3.06. The number of allylic oxidation sites excluding steroid dienone is 1. The van der Waals surface area contributed by atoms with Crippen molar-refractivity contribution < 1.29 is 14.9 Å². The van der Waals surface area contributed by atoms with Gasteiger partial charge in [0.2, 0.25) is 0 Å². The Hall–Kier alpha value is -1.52. The second-order valence-corrected chi connectivity index (χ2v) is 4.73. The van der Waals surface area contributed by atoms with Gasteiger partial charge in [0, 0.05) is 0 Å². The van der Waals surface area contributed by atoms with Crippen LogP contribution in [0.25, 0.3) is 0 Å². The van der Waals surface area contributed by atoms with Crippen LogP contribution in [0.15, 0.2) is 25.3 Å². The van der Waals surface area contributed by atoms with E-state index < -0.39 is 12.2 Å². The standard InChI is InChI=1S/C17H22O3/c1-3-5-6-7-8-13-16-17(20-16)15(19)12-10-9-11-14(18)4-2/h3-4,14-19H,1-2,5-8,13H2. The van der Waals surface area contributed by atoms with Crippen LogP contribution in [0.2, 0.25) is 0 Å². The Kier molecular flexibility index (Phi) is 7.77. The first-order valence-electron chi connectivity index (χ1n) is 6.95. The molecule has 4 atom stereocenters. The van der Waals surface area contributed by atoms with Gasteiger partial charge in [0.1, 0.15) is 18.3 Å². The molecule has 0 aromatic rings. The Morgan fingerprint density at radius 1 is 1.10 bits per heavy atom. The summed E-state index contributed by atoms with van der Waals surface area (Å²) in [4.78, 5) is 0. The van der Waals surface area contributed by atoms with Crippen molar-refractivity contribution in [2.45, 2.75) is 56.5 Å². The Morgan fingerprint density at radius 3 is 2.55 bits per heavy atom. The molecule has 0 spiro atoms. The topological polar surface area (TPSA) is 53.0 Å². The van der Waals surface area contributed by atoms with Crippen molar-refractivity contribution in [2.75, 3.05) is 0 Å². The molecule has 2 N–H and O–H groups in total. The molecule has 3 heteroatoms. The number of aliphatic hydroxyl groups is 2. The average molecular weight is 274 g/mol. The smallest absolute Gasteiger partial charge is 0.144 e. The van der Waals surface area contributed by atoms with Gasteiger partial charge in [-0.25, -0.2) is 0 Å². The fourth-order valence-corrected chi connectivity index (χ4v) is 1.84. The summed E-state index contributed by atoms with van der Waals surface area (Å²) < 4.78 is 5.40. The summed E-state index contributed by atoms with van der Waals surface area (Å²) in [5, 5.41) is 18.9. The summed E-state index contributed by atoms with van der Waals surface area (Å²) in [5.41, 5.74) is 0. The molecule has 20 heavy (non-hydrogen) atoms. The zero-order valence-corrected chi connectivity index (χ0v) is 11.7. The molecule has 0 aromatic heterocycles. The van der Waals surface area contributed by atoms with Gasteiger partial charge in [0.15, 0.2) is 0 Å². The molecule has 4 unspecified atom stereocenters. The van der Waals surface area contributed by atoms with Crippen LogP contribution in [-0.2, 0) is 4.74 Å². The Balaban J connectivity index is 2.18. The van der Waals surface area contributed by atoms with E-state index in [1.54, 1.807) is 0 Å². The molecular weight excluding hydrogens is 252 g/mol. The van der Waals surface area contributed by atoms with Gasteiger partial charge in [-0.1, -0.05) is 43.4 Å². The van der Waals surface area contributed by atoms with Crippen LogP contribution >= 0.6 is 0 Å². The summed E-state index contributed by atoms with van der Waals surface area (Å²) in [5.74, 6) is 10.1. The van der Waals surface area contributed by atoms with Crippen LogP contribution in [0, 0.1) is 23.7 Å².